The van der Waals surface area contributed by atoms with E-state index in [1.807, 2.05) is 5.38 Å². The van der Waals surface area contributed by atoms with Crippen LogP contribution in [0, 0.1) is 0 Å². The monoisotopic (exact) mass is 193 g/mol. The third-order valence-corrected chi connectivity index (χ3v) is 2.28. The zero-order chi connectivity index (χ0) is 9.10. The van der Waals surface area contributed by atoms with Crippen LogP contribution >= 0.6 is 11.3 Å². The van der Waals surface area contributed by atoms with Crippen molar-refractivity contribution in [3.63, 3.8) is 0 Å². The minimum Gasteiger partial charge on any atom is -0.480 e. The van der Waals surface area contributed by atoms with Gasteiger partial charge in [-0.3, -0.25) is 0 Å². The maximum atomic E-state index is 4.90. The molecule has 0 amide bonds. The summed E-state index contributed by atoms with van der Waals surface area (Å²) in [6.45, 7) is 0. The molecule has 0 bridgehead atoms. The molecule has 0 atom stereocenters. The molecule has 66 valence electrons. The van der Waals surface area contributed by atoms with Crippen LogP contribution in [-0.2, 0) is 0 Å². The second-order valence-corrected chi connectivity index (χ2v) is 3.18. The maximum Gasteiger partial charge on any atom is 0.232 e. The summed E-state index contributed by atoms with van der Waals surface area (Å²) in [5.41, 5.74) is 0.774. The molecule has 2 aromatic rings. The highest BCUT2D eigenvalue weighted by atomic mass is 32.1. The van der Waals surface area contributed by atoms with E-state index in [9.17, 15) is 0 Å². The summed E-state index contributed by atoms with van der Waals surface area (Å²) in [5.74, 6) is 0.514. The van der Waals surface area contributed by atoms with Crippen LogP contribution in [-0.4, -0.2) is 22.1 Å². The van der Waals surface area contributed by atoms with E-state index in [0.717, 1.165) is 10.7 Å². The molecule has 2 rings (SSSR count). The smallest absolute Gasteiger partial charge is 0.232 e. The van der Waals surface area contributed by atoms with Gasteiger partial charge in [-0.15, -0.1) is 11.3 Å². The zero-order valence-corrected chi connectivity index (χ0v) is 7.78. The van der Waals surface area contributed by atoms with Crippen molar-refractivity contribution in [2.45, 2.75) is 0 Å². The van der Waals surface area contributed by atoms with Gasteiger partial charge in [0.15, 0.2) is 0 Å². The third kappa shape index (κ3) is 1.65. The lowest BCUT2D eigenvalue weighted by Crippen LogP contribution is -1.89. The molecule has 0 saturated carbocycles. The molecule has 5 heteroatoms. The Hall–Kier alpha value is -1.49. The Morgan fingerprint density at radius 3 is 2.69 bits per heavy atom. The van der Waals surface area contributed by atoms with Crippen molar-refractivity contribution >= 4 is 11.3 Å². The first-order chi connectivity index (χ1) is 6.40. The predicted octanol–water partition coefficient (Wildman–Crippen LogP) is 1.61. The average Bonchev–Trinajstić information content (AvgIpc) is 2.71. The molecule has 2 heterocycles. The summed E-state index contributed by atoms with van der Waals surface area (Å²) in [4.78, 5) is 12.3. The number of aromatic nitrogens is 3. The number of rotatable bonds is 2. The van der Waals surface area contributed by atoms with E-state index < -0.39 is 0 Å². The molecule has 0 aliphatic rings. The topological polar surface area (TPSA) is 47.9 Å². The molecule has 2 aromatic heterocycles. The Labute approximate surface area is 79.3 Å². The van der Waals surface area contributed by atoms with E-state index in [2.05, 4.69) is 15.0 Å². The SMILES string of the molecule is COc1cnc(-c2nccs2)cn1. The molecule has 0 aliphatic carbocycles. The van der Waals surface area contributed by atoms with Gasteiger partial charge >= 0.3 is 0 Å². The fourth-order valence-electron chi connectivity index (χ4n) is 0.882. The molecule has 0 aliphatic heterocycles. The summed E-state index contributed by atoms with van der Waals surface area (Å²) in [5, 5.41) is 2.77. The van der Waals surface area contributed by atoms with E-state index in [0.29, 0.717) is 5.88 Å². The van der Waals surface area contributed by atoms with E-state index >= 15 is 0 Å². The third-order valence-electron chi connectivity index (χ3n) is 1.49. The van der Waals surface area contributed by atoms with Crippen LogP contribution in [0.3, 0.4) is 0 Å². The van der Waals surface area contributed by atoms with E-state index in [4.69, 9.17) is 4.74 Å². The van der Waals surface area contributed by atoms with Crippen molar-refractivity contribution in [2.75, 3.05) is 7.11 Å². The number of thiazole rings is 1. The highest BCUT2D eigenvalue weighted by molar-refractivity contribution is 7.13. The lowest BCUT2D eigenvalue weighted by molar-refractivity contribution is 0.396. The van der Waals surface area contributed by atoms with E-state index in [1.54, 1.807) is 25.7 Å². The van der Waals surface area contributed by atoms with Crippen molar-refractivity contribution in [2.24, 2.45) is 0 Å². The maximum absolute atomic E-state index is 4.90. The van der Waals surface area contributed by atoms with Gasteiger partial charge in [-0.2, -0.15) is 0 Å². The number of hydrogen-bond acceptors (Lipinski definition) is 5. The van der Waals surface area contributed by atoms with Crippen LogP contribution in [0.4, 0.5) is 0 Å². The summed E-state index contributed by atoms with van der Waals surface area (Å²) in [6, 6.07) is 0. The van der Waals surface area contributed by atoms with E-state index in [1.165, 1.54) is 11.3 Å². The van der Waals surface area contributed by atoms with Gasteiger partial charge in [0.25, 0.3) is 0 Å². The highest BCUT2D eigenvalue weighted by Gasteiger charge is 2.02. The predicted molar refractivity (Wildman–Crippen MR) is 49.7 cm³/mol. The van der Waals surface area contributed by atoms with Gasteiger partial charge < -0.3 is 4.74 Å². The van der Waals surface area contributed by atoms with Crippen LogP contribution in [0.25, 0.3) is 10.7 Å². The number of nitrogens with zero attached hydrogens (tertiary/aromatic N) is 3. The van der Waals surface area contributed by atoms with Crippen molar-refractivity contribution < 1.29 is 4.74 Å². The lowest BCUT2D eigenvalue weighted by atomic mass is 10.5. The van der Waals surface area contributed by atoms with E-state index in [-0.39, 0.29) is 0 Å². The Balaban J connectivity index is 2.33. The largest absolute Gasteiger partial charge is 0.480 e. The highest BCUT2D eigenvalue weighted by Crippen LogP contribution is 2.18. The van der Waals surface area contributed by atoms with Crippen LogP contribution in [0.1, 0.15) is 0 Å². The molecule has 0 radical (unpaired) electrons. The Morgan fingerprint density at radius 2 is 2.15 bits per heavy atom. The molecule has 0 saturated heterocycles. The van der Waals surface area contributed by atoms with Crippen LogP contribution in [0.15, 0.2) is 24.0 Å². The molecular formula is C8H7N3OS. The van der Waals surface area contributed by atoms with Crippen molar-refractivity contribution in [1.29, 1.82) is 0 Å². The Kier molecular flexibility index (Phi) is 2.18. The van der Waals surface area contributed by atoms with Gasteiger partial charge in [-0.05, 0) is 0 Å². The molecule has 0 unspecified atom stereocenters. The Bertz CT molecular complexity index is 371. The Morgan fingerprint density at radius 1 is 1.23 bits per heavy atom. The fraction of sp³-hybridized carbons (Fsp3) is 0.125. The van der Waals surface area contributed by atoms with Crippen LogP contribution < -0.4 is 4.74 Å². The van der Waals surface area contributed by atoms with Crippen LogP contribution in [0.5, 0.6) is 5.88 Å². The molecule has 4 nitrogen and oxygen atoms in total. The molecule has 0 N–H and O–H groups in total. The van der Waals surface area contributed by atoms with Crippen molar-refractivity contribution in [3.05, 3.63) is 24.0 Å². The van der Waals surface area contributed by atoms with Gasteiger partial charge in [-0.1, -0.05) is 0 Å². The zero-order valence-electron chi connectivity index (χ0n) is 6.97. The molecular weight excluding hydrogens is 186 g/mol. The molecule has 13 heavy (non-hydrogen) atoms. The number of ether oxygens (including phenoxy) is 1. The normalized spacial score (nSPS) is 9.92. The summed E-state index contributed by atoms with van der Waals surface area (Å²) in [6.07, 6.45) is 4.97. The second kappa shape index (κ2) is 3.49. The number of methoxy groups -OCH3 is 1. The summed E-state index contributed by atoms with van der Waals surface area (Å²) in [7, 11) is 1.56. The minimum absolute atomic E-state index is 0.514. The molecule has 0 fully saturated rings. The van der Waals surface area contributed by atoms with Gasteiger partial charge in [0.2, 0.25) is 5.88 Å². The quantitative estimate of drug-likeness (QED) is 0.727. The standard InChI is InChI=1S/C8H7N3OS/c1-12-7-5-10-6(4-11-7)8-9-2-3-13-8/h2-5H,1H3. The first-order valence-corrected chi connectivity index (χ1v) is 4.54. The van der Waals surface area contributed by atoms with Crippen molar-refractivity contribution in [1.82, 2.24) is 15.0 Å². The van der Waals surface area contributed by atoms with Gasteiger partial charge in [0.1, 0.15) is 10.7 Å². The second-order valence-electron chi connectivity index (χ2n) is 2.28. The molecule has 0 aromatic carbocycles. The van der Waals surface area contributed by atoms with Crippen LogP contribution in [0.2, 0.25) is 0 Å². The summed E-state index contributed by atoms with van der Waals surface area (Å²) >= 11 is 1.54. The van der Waals surface area contributed by atoms with Crippen molar-refractivity contribution in [3.8, 4) is 16.6 Å². The minimum atomic E-state index is 0.514. The number of hydrogen-bond donors (Lipinski definition) is 0. The summed E-state index contributed by atoms with van der Waals surface area (Å²) < 4.78 is 4.90. The average molecular weight is 193 g/mol. The first-order valence-electron chi connectivity index (χ1n) is 3.66. The van der Waals surface area contributed by atoms with Gasteiger partial charge in [0.05, 0.1) is 19.5 Å². The van der Waals surface area contributed by atoms with Gasteiger partial charge in [-0.25, -0.2) is 15.0 Å². The first kappa shape index (κ1) is 8.12. The van der Waals surface area contributed by atoms with Gasteiger partial charge in [0, 0.05) is 11.6 Å². The fourth-order valence-corrected chi connectivity index (χ4v) is 1.48. The lowest BCUT2D eigenvalue weighted by Gasteiger charge is -1.97. The molecule has 0 spiro atoms.